The molecule has 0 aliphatic carbocycles. The molecule has 0 aromatic heterocycles. The van der Waals surface area contributed by atoms with E-state index in [0.717, 1.165) is 22.3 Å². The average molecular weight is 1370 g/mol. The number of hydrogen-bond acceptors (Lipinski definition) is 21. The molecule has 8 aromatic rings. The van der Waals surface area contributed by atoms with Crippen molar-refractivity contribution >= 4 is 87.0 Å². The van der Waals surface area contributed by atoms with Crippen molar-refractivity contribution < 1.29 is 80.3 Å². The molecule has 0 spiro atoms. The molecular formula is C69H62F4N14O13. The largest absolute Gasteiger partial charge is 0.479 e. The van der Waals surface area contributed by atoms with Crippen LogP contribution in [0.3, 0.4) is 0 Å². The third kappa shape index (κ3) is 24.5. The first-order chi connectivity index (χ1) is 47.8. The summed E-state index contributed by atoms with van der Waals surface area (Å²) in [5.41, 5.74) is 24.7. The van der Waals surface area contributed by atoms with Gasteiger partial charge < -0.3 is 42.6 Å². The van der Waals surface area contributed by atoms with Gasteiger partial charge in [-0.1, -0.05) is 24.3 Å². The summed E-state index contributed by atoms with van der Waals surface area (Å²) in [6, 6.07) is 43.2. The number of benzene rings is 8. The van der Waals surface area contributed by atoms with Gasteiger partial charge in [0.25, 0.3) is 23.6 Å². The number of halogens is 4. The zero-order valence-electron chi connectivity index (χ0n) is 53.7. The predicted octanol–water partition coefficient (Wildman–Crippen LogP) is 9.34. The van der Waals surface area contributed by atoms with E-state index in [9.17, 15) is 51.1 Å². The van der Waals surface area contributed by atoms with Crippen LogP contribution in [0.25, 0.3) is 0 Å². The summed E-state index contributed by atoms with van der Waals surface area (Å²) < 4.78 is 60.6. The lowest BCUT2D eigenvalue weighted by Crippen LogP contribution is -2.29. The number of nitrogens with two attached hydrogens (primary N) is 2. The zero-order valence-corrected chi connectivity index (χ0v) is 53.7. The predicted molar refractivity (Wildman–Crippen MR) is 354 cm³/mol. The molecule has 0 fully saturated rings. The van der Waals surface area contributed by atoms with Gasteiger partial charge in [0, 0.05) is 6.54 Å². The number of nitrogens with zero attached hydrogens (tertiary/aromatic N) is 4. The van der Waals surface area contributed by atoms with Crippen molar-refractivity contribution in [2.24, 2.45) is 11.5 Å². The Balaban J connectivity index is 0.000000240. The first-order valence-corrected chi connectivity index (χ1v) is 29.0. The van der Waals surface area contributed by atoms with Gasteiger partial charge in [0.15, 0.2) is 19.8 Å². The average Bonchev–Trinajstić information content (AvgIpc) is 0.843. The minimum atomic E-state index is -1.25. The number of nitrogens with one attached hydrogen (secondary N) is 8. The van der Waals surface area contributed by atoms with Crippen molar-refractivity contribution in [1.29, 1.82) is 21.0 Å². The van der Waals surface area contributed by atoms with Crippen LogP contribution in [0.1, 0.15) is 85.9 Å². The van der Waals surface area contributed by atoms with E-state index in [1.165, 1.54) is 122 Å². The van der Waals surface area contributed by atoms with Crippen LogP contribution in [0.2, 0.25) is 0 Å². The number of primary amides is 1. The van der Waals surface area contributed by atoms with Crippen LogP contribution in [0, 0.1) is 96.3 Å². The second kappa shape index (κ2) is 38.9. The lowest BCUT2D eigenvalue weighted by molar-refractivity contribution is -0.148. The van der Waals surface area contributed by atoms with E-state index in [-0.39, 0.29) is 91.9 Å². The molecule has 0 aliphatic heterocycles. The third-order valence-corrected chi connectivity index (χ3v) is 12.9. The van der Waals surface area contributed by atoms with Crippen molar-refractivity contribution in [2.45, 2.75) is 27.7 Å². The molecule has 8 aromatic carbocycles. The first-order valence-electron chi connectivity index (χ1n) is 29.0. The number of carboxylic acid groups (broad SMARTS) is 1. The van der Waals surface area contributed by atoms with Crippen LogP contribution in [0.5, 0.6) is 0 Å². The van der Waals surface area contributed by atoms with E-state index >= 15 is 0 Å². The molecule has 0 bridgehead atoms. The number of anilines is 8. The maximum absolute atomic E-state index is 14.1. The summed E-state index contributed by atoms with van der Waals surface area (Å²) in [6.45, 7) is 5.77. The summed E-state index contributed by atoms with van der Waals surface area (Å²) in [4.78, 5) is 99.7. The quantitative estimate of drug-likeness (QED) is 0.0116. The van der Waals surface area contributed by atoms with Gasteiger partial charge >= 0.3 is 11.9 Å². The lowest BCUT2D eigenvalue weighted by atomic mass is 10.1. The fraction of sp³-hybridized carbons (Fsp3) is 0.145. The van der Waals surface area contributed by atoms with E-state index in [1.807, 2.05) is 29.8 Å². The molecule has 13 N–H and O–H groups in total. The second-order valence-corrected chi connectivity index (χ2v) is 20.6. The molecule has 514 valence electrons. The number of amides is 5. The van der Waals surface area contributed by atoms with E-state index in [0.29, 0.717) is 11.3 Å². The molecule has 31 heteroatoms. The number of aliphatic carboxylic acids is 1. The maximum Gasteiger partial charge on any atom is 0.334 e. The highest BCUT2D eigenvalue weighted by molar-refractivity contribution is 6.02. The Morgan fingerprint density at radius 3 is 0.910 bits per heavy atom. The van der Waals surface area contributed by atoms with Gasteiger partial charge in [-0.05, 0) is 171 Å². The molecule has 0 heterocycles. The molecule has 100 heavy (non-hydrogen) atoms. The number of hydroxylamine groups is 4. The summed E-state index contributed by atoms with van der Waals surface area (Å²) in [6.07, 6.45) is 0. The number of methoxy groups -OCH3 is 1. The van der Waals surface area contributed by atoms with Gasteiger partial charge in [0.2, 0.25) is 5.91 Å². The zero-order chi connectivity index (χ0) is 73.4. The molecule has 0 unspecified atom stereocenters. The van der Waals surface area contributed by atoms with Crippen molar-refractivity contribution in [2.75, 3.05) is 61.3 Å². The van der Waals surface area contributed by atoms with E-state index in [2.05, 4.69) is 52.1 Å². The Bertz CT molecular complexity index is 4370. The van der Waals surface area contributed by atoms with Crippen LogP contribution in [-0.2, 0) is 38.5 Å². The number of carbonyl (C=O) groups is 7. The first kappa shape index (κ1) is 77.4. The summed E-state index contributed by atoms with van der Waals surface area (Å²) >= 11 is 0. The Hall–Kier alpha value is -13.3. The standard InChI is InChI=1S/C18H16FN3O4.C17H15FN4O3.C17H17FN4O2.C17H14FN3O4/c1-11-3-6-15(14(19)7-11)21-16-8-12(9-20)4-5-13(16)18(24)22-26-10-17(23)25-2;1-10-2-5-14(13(18)6-10)21-15-7-11(8-19)3-4-12(15)17(24)22-25-9-16(20)23;1-11-2-5-15(14(18)8-11)21-16-9-12(10-20)3-4-13(16)17(23)22-24-7-6-19;1-10-2-5-14(13(18)6-10)20-15-7-11(8-19)3-4-12(15)17(24)21-25-9-16(22)23/h3-8,21H,10H2,1-2H3,(H,22,24);2-7,21H,9H2,1H3,(H2,20,23)(H,22,24);2-5,8-9,21H,6-7,19H2,1H3,(H,22,23);2-7,20H,9H2,1H3,(H,21,24)(H,22,23). The maximum atomic E-state index is 14.1. The fourth-order valence-electron chi connectivity index (χ4n) is 8.08. The highest BCUT2D eigenvalue weighted by Crippen LogP contribution is 2.30. The van der Waals surface area contributed by atoms with Crippen molar-refractivity contribution in [3.8, 4) is 24.3 Å². The molecule has 0 atom stereocenters. The van der Waals surface area contributed by atoms with E-state index < -0.39 is 84.6 Å². The molecule has 0 radical (unpaired) electrons. The topological polar surface area (TPSA) is 429 Å². The number of aryl methyl sites for hydroxylation is 4. The SMILES string of the molecule is COC(=O)CONC(=O)c1ccc(C#N)cc1Nc1ccc(C)cc1F.Cc1ccc(Nc2cc(C#N)ccc2C(=O)NOCC(=O)O)c(F)c1.Cc1ccc(Nc2cc(C#N)ccc2C(=O)NOCC(N)=O)c(F)c1.Cc1ccc(Nc2cc(C#N)ccc2C(=O)NOCCN)c(F)c1. The van der Waals surface area contributed by atoms with Crippen LogP contribution in [0.15, 0.2) is 146 Å². The lowest BCUT2D eigenvalue weighted by Gasteiger charge is -2.13. The van der Waals surface area contributed by atoms with E-state index in [1.54, 1.807) is 58.0 Å². The Kier molecular flexibility index (Phi) is 30.1. The molecule has 0 saturated carbocycles. The summed E-state index contributed by atoms with van der Waals surface area (Å²) in [5.74, 6) is -7.25. The second-order valence-electron chi connectivity index (χ2n) is 20.6. The van der Waals surface area contributed by atoms with Crippen molar-refractivity contribution in [3.63, 3.8) is 0 Å². The van der Waals surface area contributed by atoms with Crippen LogP contribution < -0.4 is 54.7 Å². The highest BCUT2D eigenvalue weighted by Gasteiger charge is 2.20. The molecule has 8 rings (SSSR count). The minimum absolute atomic E-state index is 0.0596. The van der Waals surface area contributed by atoms with Crippen LogP contribution in [-0.4, -0.2) is 86.7 Å². The monoisotopic (exact) mass is 1370 g/mol. The van der Waals surface area contributed by atoms with Crippen molar-refractivity contribution in [3.05, 3.63) is 236 Å². The number of carbonyl (C=O) groups excluding carboxylic acids is 6. The van der Waals surface area contributed by atoms with E-state index in [4.69, 9.17) is 47.3 Å². The summed E-state index contributed by atoms with van der Waals surface area (Å²) in [7, 11) is 1.19. The van der Waals surface area contributed by atoms with Gasteiger partial charge in [-0.15, -0.1) is 0 Å². The smallest absolute Gasteiger partial charge is 0.334 e. The van der Waals surface area contributed by atoms with Crippen LogP contribution >= 0.6 is 0 Å². The van der Waals surface area contributed by atoms with Gasteiger partial charge in [-0.3, -0.25) is 43.3 Å². The Morgan fingerprint density at radius 1 is 0.400 bits per heavy atom. The number of esters is 1. The van der Waals surface area contributed by atoms with Gasteiger partial charge in [0.05, 0.1) is 128 Å². The number of ether oxygens (including phenoxy) is 1. The Labute approximate surface area is 568 Å². The number of hydrogen-bond donors (Lipinski definition) is 11. The number of nitriles is 4. The van der Waals surface area contributed by atoms with Gasteiger partial charge in [0.1, 0.15) is 23.3 Å². The highest BCUT2D eigenvalue weighted by atomic mass is 19.1. The molecule has 27 nitrogen and oxygen atoms in total. The fourth-order valence-corrected chi connectivity index (χ4v) is 8.08. The number of rotatable bonds is 24. The minimum Gasteiger partial charge on any atom is -0.479 e. The Morgan fingerprint density at radius 2 is 0.670 bits per heavy atom. The normalized spacial score (nSPS) is 9.98. The van der Waals surface area contributed by atoms with Gasteiger partial charge in [-0.2, -0.15) is 21.0 Å². The third-order valence-electron chi connectivity index (χ3n) is 12.9. The number of carboxylic acids is 1. The molecular weight excluding hydrogens is 1310 g/mol. The van der Waals surface area contributed by atoms with Gasteiger partial charge in [-0.25, -0.2) is 49.1 Å². The molecule has 5 amide bonds. The molecule has 0 aliphatic rings. The summed E-state index contributed by atoms with van der Waals surface area (Å²) in [5, 5.41) is 55.8. The van der Waals surface area contributed by atoms with Crippen LogP contribution in [0.4, 0.5) is 63.1 Å². The molecule has 0 saturated heterocycles. The van der Waals surface area contributed by atoms with Crippen molar-refractivity contribution in [1.82, 2.24) is 21.9 Å².